The molecule has 0 unspecified atom stereocenters. The van der Waals surface area contributed by atoms with Gasteiger partial charge in [-0.3, -0.25) is 4.68 Å². The van der Waals surface area contributed by atoms with Crippen molar-refractivity contribution in [2.75, 3.05) is 17.6 Å². The molecule has 0 spiro atoms. The summed E-state index contributed by atoms with van der Waals surface area (Å²) >= 11 is 1.40. The summed E-state index contributed by atoms with van der Waals surface area (Å²) in [6.45, 7) is 0.827. The van der Waals surface area contributed by atoms with Crippen LogP contribution in [0.4, 0.5) is 10.8 Å². The van der Waals surface area contributed by atoms with Crippen LogP contribution in [-0.2, 0) is 13.5 Å². The number of hydrogen-bond acceptors (Lipinski definition) is 5. The van der Waals surface area contributed by atoms with Crippen LogP contribution in [0.5, 0.6) is 0 Å². The van der Waals surface area contributed by atoms with Crippen molar-refractivity contribution in [3.05, 3.63) is 48.3 Å². The maximum atomic E-state index is 6.01. The van der Waals surface area contributed by atoms with Crippen molar-refractivity contribution in [2.45, 2.75) is 6.42 Å². The van der Waals surface area contributed by atoms with Gasteiger partial charge in [0.15, 0.2) is 0 Å². The molecule has 0 aliphatic carbocycles. The lowest BCUT2D eigenvalue weighted by molar-refractivity contribution is 0.767. The van der Waals surface area contributed by atoms with E-state index in [1.165, 1.54) is 17.1 Å². The van der Waals surface area contributed by atoms with Crippen LogP contribution in [0.15, 0.2) is 42.7 Å². The van der Waals surface area contributed by atoms with Crippen LogP contribution in [0.2, 0.25) is 0 Å². The van der Waals surface area contributed by atoms with Crippen LogP contribution in [0.1, 0.15) is 5.56 Å². The zero-order valence-corrected chi connectivity index (χ0v) is 12.6. The lowest BCUT2D eigenvalue weighted by atomic mass is 10.1. The second-order valence-electron chi connectivity index (χ2n) is 4.84. The Kier molecular flexibility index (Phi) is 3.87. The Hall–Kier alpha value is -2.34. The lowest BCUT2D eigenvalue weighted by Crippen LogP contribution is -2.04. The van der Waals surface area contributed by atoms with Gasteiger partial charge in [-0.1, -0.05) is 30.3 Å². The first kappa shape index (κ1) is 13.6. The molecule has 3 rings (SSSR count). The summed E-state index contributed by atoms with van der Waals surface area (Å²) in [5.41, 5.74) is 9.30. The second kappa shape index (κ2) is 5.97. The molecular formula is C15H17N5S. The molecule has 21 heavy (non-hydrogen) atoms. The van der Waals surface area contributed by atoms with Gasteiger partial charge in [0.1, 0.15) is 10.8 Å². The maximum Gasteiger partial charge on any atom is 0.147 e. The van der Waals surface area contributed by atoms with E-state index >= 15 is 0 Å². The van der Waals surface area contributed by atoms with E-state index in [2.05, 4.69) is 14.8 Å². The molecule has 3 aromatic rings. The highest BCUT2D eigenvalue weighted by molar-refractivity contribution is 7.11. The Balaban J connectivity index is 1.72. The highest BCUT2D eigenvalue weighted by atomic mass is 32.1. The molecule has 0 aliphatic rings. The van der Waals surface area contributed by atoms with Gasteiger partial charge in [0.25, 0.3) is 0 Å². The van der Waals surface area contributed by atoms with Crippen molar-refractivity contribution >= 4 is 22.4 Å². The molecule has 108 valence electrons. The molecule has 1 aromatic carbocycles. The number of nitrogens with zero attached hydrogens (tertiary/aromatic N) is 3. The molecule has 0 fully saturated rings. The number of aryl methyl sites for hydroxylation is 1. The molecule has 2 aromatic heterocycles. The molecule has 3 N–H and O–H groups in total. The molecule has 0 saturated heterocycles. The predicted molar refractivity (Wildman–Crippen MR) is 87.4 cm³/mol. The molecular weight excluding hydrogens is 282 g/mol. The quantitative estimate of drug-likeness (QED) is 0.760. The van der Waals surface area contributed by atoms with E-state index in [0.717, 1.165) is 29.1 Å². The van der Waals surface area contributed by atoms with Crippen LogP contribution in [0, 0.1) is 0 Å². The van der Waals surface area contributed by atoms with Gasteiger partial charge in [-0.2, -0.15) is 9.47 Å². The van der Waals surface area contributed by atoms with Gasteiger partial charge in [0.05, 0.1) is 11.8 Å². The first-order valence-electron chi connectivity index (χ1n) is 6.76. The summed E-state index contributed by atoms with van der Waals surface area (Å²) in [5.74, 6) is 0.579. The van der Waals surface area contributed by atoms with Gasteiger partial charge in [-0.05, 0) is 29.1 Å². The third-order valence-electron chi connectivity index (χ3n) is 3.24. The molecule has 0 aliphatic heterocycles. The molecule has 0 radical (unpaired) electrons. The van der Waals surface area contributed by atoms with Crippen LogP contribution < -0.4 is 11.1 Å². The van der Waals surface area contributed by atoms with Crippen molar-refractivity contribution in [2.24, 2.45) is 7.05 Å². The second-order valence-corrected chi connectivity index (χ2v) is 5.61. The van der Waals surface area contributed by atoms with Gasteiger partial charge in [0.2, 0.25) is 0 Å². The third kappa shape index (κ3) is 3.05. The van der Waals surface area contributed by atoms with Gasteiger partial charge in [-0.15, -0.1) is 0 Å². The van der Waals surface area contributed by atoms with Crippen molar-refractivity contribution in [1.82, 2.24) is 14.2 Å². The SMILES string of the molecule is Cn1cc(CCNc2snc(N)c2-c2ccccc2)cn1. The number of nitrogens with two attached hydrogens (primary N) is 1. The molecule has 0 amide bonds. The average molecular weight is 299 g/mol. The Morgan fingerprint density at radius 1 is 1.29 bits per heavy atom. The van der Waals surface area contributed by atoms with Crippen LogP contribution >= 0.6 is 11.5 Å². The third-order valence-corrected chi connectivity index (χ3v) is 4.06. The normalized spacial score (nSPS) is 10.7. The number of hydrogen-bond donors (Lipinski definition) is 2. The monoisotopic (exact) mass is 299 g/mol. The first-order chi connectivity index (χ1) is 10.2. The van der Waals surface area contributed by atoms with Crippen molar-refractivity contribution in [3.63, 3.8) is 0 Å². The van der Waals surface area contributed by atoms with Crippen LogP contribution in [-0.4, -0.2) is 20.7 Å². The van der Waals surface area contributed by atoms with Crippen LogP contribution in [0.3, 0.4) is 0 Å². The van der Waals surface area contributed by atoms with Gasteiger partial charge < -0.3 is 11.1 Å². The number of aromatic nitrogens is 3. The number of rotatable bonds is 5. The Labute approximate surface area is 127 Å². The van der Waals surface area contributed by atoms with E-state index in [1.807, 2.05) is 54.5 Å². The van der Waals surface area contributed by atoms with E-state index in [4.69, 9.17) is 5.73 Å². The molecule has 5 nitrogen and oxygen atoms in total. The predicted octanol–water partition coefficient (Wildman–Crippen LogP) is 2.78. The van der Waals surface area contributed by atoms with E-state index < -0.39 is 0 Å². The number of anilines is 2. The summed E-state index contributed by atoms with van der Waals surface area (Å²) < 4.78 is 6.08. The number of nitrogen functional groups attached to an aromatic ring is 1. The summed E-state index contributed by atoms with van der Waals surface area (Å²) in [6.07, 6.45) is 4.83. The standard InChI is InChI=1S/C15H17N5S/c1-20-10-11(9-18-20)7-8-17-15-13(14(16)19-21-15)12-5-3-2-4-6-12/h2-6,9-10,17H,7-8H2,1H3,(H2,16,19). The largest absolute Gasteiger partial charge is 0.382 e. The highest BCUT2D eigenvalue weighted by Gasteiger charge is 2.13. The Bertz CT molecular complexity index is 717. The van der Waals surface area contributed by atoms with E-state index in [9.17, 15) is 0 Å². The minimum atomic E-state index is 0.579. The average Bonchev–Trinajstić information content (AvgIpc) is 3.06. The topological polar surface area (TPSA) is 68.8 Å². The lowest BCUT2D eigenvalue weighted by Gasteiger charge is -2.06. The highest BCUT2D eigenvalue weighted by Crippen LogP contribution is 2.36. The van der Waals surface area contributed by atoms with E-state index in [0.29, 0.717) is 5.82 Å². The minimum Gasteiger partial charge on any atom is -0.382 e. The minimum absolute atomic E-state index is 0.579. The Morgan fingerprint density at radius 3 is 2.81 bits per heavy atom. The smallest absolute Gasteiger partial charge is 0.147 e. The van der Waals surface area contributed by atoms with Gasteiger partial charge in [-0.25, -0.2) is 0 Å². The van der Waals surface area contributed by atoms with Crippen molar-refractivity contribution in [1.29, 1.82) is 0 Å². The molecule has 2 heterocycles. The maximum absolute atomic E-state index is 6.01. The molecule has 6 heteroatoms. The van der Waals surface area contributed by atoms with Crippen molar-refractivity contribution < 1.29 is 0 Å². The summed E-state index contributed by atoms with van der Waals surface area (Å²) in [6, 6.07) is 10.1. The number of benzene rings is 1. The molecule has 0 atom stereocenters. The first-order valence-corrected chi connectivity index (χ1v) is 7.53. The van der Waals surface area contributed by atoms with Crippen molar-refractivity contribution in [3.8, 4) is 11.1 Å². The zero-order chi connectivity index (χ0) is 14.7. The van der Waals surface area contributed by atoms with Crippen LogP contribution in [0.25, 0.3) is 11.1 Å². The fourth-order valence-corrected chi connectivity index (χ4v) is 2.99. The zero-order valence-electron chi connectivity index (χ0n) is 11.8. The van der Waals surface area contributed by atoms with Gasteiger partial charge in [0, 0.05) is 19.8 Å². The fourth-order valence-electron chi connectivity index (χ4n) is 2.23. The summed E-state index contributed by atoms with van der Waals surface area (Å²) in [4.78, 5) is 0. The van der Waals surface area contributed by atoms with E-state index in [1.54, 1.807) is 0 Å². The summed E-state index contributed by atoms with van der Waals surface area (Å²) in [7, 11) is 1.92. The Morgan fingerprint density at radius 2 is 2.10 bits per heavy atom. The molecule has 0 saturated carbocycles. The fraction of sp³-hybridized carbons (Fsp3) is 0.200. The van der Waals surface area contributed by atoms with E-state index in [-0.39, 0.29) is 0 Å². The summed E-state index contributed by atoms with van der Waals surface area (Å²) in [5, 5.41) is 8.62. The molecule has 0 bridgehead atoms. The van der Waals surface area contributed by atoms with Gasteiger partial charge >= 0.3 is 0 Å². The number of nitrogens with one attached hydrogen (secondary N) is 1.